The largest absolute Gasteiger partial charge is 0.460 e. The summed E-state index contributed by atoms with van der Waals surface area (Å²) < 4.78 is 19.9. The summed E-state index contributed by atoms with van der Waals surface area (Å²) >= 11 is 2.10. The van der Waals surface area contributed by atoms with E-state index in [1.165, 1.54) is 0 Å². The molecule has 100 valence electrons. The van der Waals surface area contributed by atoms with E-state index in [0.29, 0.717) is 0 Å². The van der Waals surface area contributed by atoms with Gasteiger partial charge in [0.1, 0.15) is 10.0 Å². The molecule has 0 aromatic rings. The van der Waals surface area contributed by atoms with Gasteiger partial charge in [-0.05, 0) is 40.5 Å². The molecule has 1 aliphatic rings. The molecule has 0 radical (unpaired) electrons. The summed E-state index contributed by atoms with van der Waals surface area (Å²) in [6.07, 6.45) is 1.49. The number of nitrogens with one attached hydrogen (secondary N) is 1. The molecule has 1 aliphatic heterocycles. The summed E-state index contributed by atoms with van der Waals surface area (Å²) in [5.74, 6) is -0.156. The maximum Gasteiger partial charge on any atom is 0.319 e. The Bertz CT molecular complexity index is 316. The molecule has 6 heteroatoms. The number of cyclic esters (lactones) is 1. The first-order valence-electron chi connectivity index (χ1n) is 5.74. The molecule has 0 aromatic heterocycles. The molecule has 0 aromatic carbocycles. The molecule has 0 amide bonds. The maximum atomic E-state index is 11.9. The molecular weight excluding hydrogens is 353 g/mol. The van der Waals surface area contributed by atoms with E-state index in [4.69, 9.17) is 4.74 Å². The molecule has 0 aliphatic carbocycles. The fourth-order valence-corrected chi connectivity index (χ4v) is 2.83. The van der Waals surface area contributed by atoms with E-state index in [1.807, 2.05) is 27.7 Å². The number of carbonyl (C=O) groups is 1. The lowest BCUT2D eigenvalue weighted by atomic mass is 10.0. The van der Waals surface area contributed by atoms with Crippen molar-refractivity contribution in [3.63, 3.8) is 0 Å². The molecule has 1 heterocycles. The average molecular weight is 373 g/mol. The lowest BCUT2D eigenvalue weighted by Gasteiger charge is -2.31. The third kappa shape index (κ3) is 4.48. The highest BCUT2D eigenvalue weighted by molar-refractivity contribution is 14.1. The minimum absolute atomic E-state index is 0.0378. The van der Waals surface area contributed by atoms with Gasteiger partial charge < -0.3 is 4.74 Å². The van der Waals surface area contributed by atoms with Crippen molar-refractivity contribution in [2.75, 3.05) is 0 Å². The lowest BCUT2D eigenvalue weighted by molar-refractivity contribution is -0.153. The van der Waals surface area contributed by atoms with E-state index in [0.717, 1.165) is 12.8 Å². The van der Waals surface area contributed by atoms with Gasteiger partial charge in [0.05, 0.1) is 21.8 Å². The highest BCUT2D eigenvalue weighted by atomic mass is 127. The predicted molar refractivity (Wildman–Crippen MR) is 77.4 cm³/mol. The molecule has 0 bridgehead atoms. The second kappa shape index (κ2) is 5.97. The highest BCUT2D eigenvalue weighted by Crippen LogP contribution is 2.23. The molecule has 1 rings (SSSR count). The Morgan fingerprint density at radius 3 is 2.53 bits per heavy atom. The van der Waals surface area contributed by atoms with Gasteiger partial charge in [0.15, 0.2) is 0 Å². The Kier molecular flexibility index (Phi) is 5.39. The van der Waals surface area contributed by atoms with Crippen LogP contribution in [0.1, 0.15) is 40.5 Å². The first-order valence-corrected chi connectivity index (χ1v) is 8.14. The third-order valence-electron chi connectivity index (χ3n) is 2.63. The van der Waals surface area contributed by atoms with Crippen LogP contribution in [-0.2, 0) is 20.5 Å². The zero-order chi connectivity index (χ0) is 13.2. The number of hydrogen-bond acceptors (Lipinski definition) is 3. The van der Waals surface area contributed by atoms with E-state index < -0.39 is 11.0 Å². The zero-order valence-corrected chi connectivity index (χ0v) is 13.6. The van der Waals surface area contributed by atoms with Crippen molar-refractivity contribution in [1.29, 1.82) is 0 Å². The van der Waals surface area contributed by atoms with E-state index in [-0.39, 0.29) is 26.8 Å². The smallest absolute Gasteiger partial charge is 0.319 e. The van der Waals surface area contributed by atoms with Crippen LogP contribution < -0.4 is 4.72 Å². The van der Waals surface area contributed by atoms with Crippen molar-refractivity contribution in [3.8, 4) is 0 Å². The number of hydrogen-bond donors (Lipinski definition) is 1. The Labute approximate surface area is 119 Å². The Balaban J connectivity index is 2.51. The second-order valence-corrected chi connectivity index (χ2v) is 8.81. The van der Waals surface area contributed by atoms with Crippen LogP contribution in [0.5, 0.6) is 0 Å². The second-order valence-electron chi connectivity index (χ2n) is 5.31. The molecule has 0 spiro atoms. The molecule has 0 saturated carbocycles. The highest BCUT2D eigenvalue weighted by Gasteiger charge is 2.33. The third-order valence-corrected chi connectivity index (χ3v) is 5.46. The van der Waals surface area contributed by atoms with Crippen LogP contribution in [0.25, 0.3) is 0 Å². The van der Waals surface area contributed by atoms with Crippen LogP contribution in [0.3, 0.4) is 0 Å². The number of ether oxygens (including phenoxy) is 1. The minimum Gasteiger partial charge on any atom is -0.460 e. The van der Waals surface area contributed by atoms with Crippen LogP contribution in [0.2, 0.25) is 0 Å². The van der Waals surface area contributed by atoms with Gasteiger partial charge in [-0.3, -0.25) is 4.79 Å². The maximum absolute atomic E-state index is 11.9. The van der Waals surface area contributed by atoms with Gasteiger partial charge in [-0.1, -0.05) is 22.6 Å². The summed E-state index contributed by atoms with van der Waals surface area (Å²) in [5.41, 5.74) is 0. The predicted octanol–water partition coefficient (Wildman–Crippen LogP) is 1.94. The molecule has 4 unspecified atom stereocenters. The molecular formula is C11H20INO3S. The summed E-state index contributed by atoms with van der Waals surface area (Å²) in [6, 6.07) is -0.0806. The number of esters is 1. The first kappa shape index (κ1) is 15.4. The Morgan fingerprint density at radius 2 is 2.06 bits per heavy atom. The summed E-state index contributed by atoms with van der Waals surface area (Å²) in [4.78, 5) is 11.5. The van der Waals surface area contributed by atoms with Gasteiger partial charge in [-0.25, -0.2) is 8.93 Å². The molecule has 4 nitrogen and oxygen atoms in total. The van der Waals surface area contributed by atoms with Gasteiger partial charge >= 0.3 is 5.97 Å². The normalized spacial score (nSPS) is 29.6. The molecule has 4 atom stereocenters. The standard InChI is InChI=1S/C11H20INO3S/c1-7(13-17(15)11(2,3)4)9-6-5-8(12)10(14)16-9/h7-9,13H,5-6H2,1-4H3. The Morgan fingerprint density at radius 1 is 1.47 bits per heavy atom. The Hall–Kier alpha value is 0.310. The number of rotatable bonds is 3. The van der Waals surface area contributed by atoms with Gasteiger partial charge in [-0.2, -0.15) is 0 Å². The summed E-state index contributed by atoms with van der Waals surface area (Å²) in [5, 5.41) is 0. The fraction of sp³-hybridized carbons (Fsp3) is 0.909. The topological polar surface area (TPSA) is 55.4 Å². The summed E-state index contributed by atoms with van der Waals surface area (Å²) in [7, 11) is -1.13. The molecule has 17 heavy (non-hydrogen) atoms. The van der Waals surface area contributed by atoms with E-state index in [1.54, 1.807) is 0 Å². The van der Waals surface area contributed by atoms with Crippen molar-refractivity contribution in [1.82, 2.24) is 4.72 Å². The van der Waals surface area contributed by atoms with Crippen LogP contribution >= 0.6 is 22.6 Å². The monoisotopic (exact) mass is 373 g/mol. The van der Waals surface area contributed by atoms with Crippen molar-refractivity contribution in [2.24, 2.45) is 0 Å². The lowest BCUT2D eigenvalue weighted by Crippen LogP contribution is -2.48. The number of halogens is 1. The van der Waals surface area contributed by atoms with Crippen LogP contribution in [-0.4, -0.2) is 31.0 Å². The molecule has 1 saturated heterocycles. The van der Waals surface area contributed by atoms with Crippen LogP contribution in [0, 0.1) is 0 Å². The quantitative estimate of drug-likeness (QED) is 0.467. The SMILES string of the molecule is CC(NS(=O)C(C)(C)C)C1CCC(I)C(=O)O1. The molecule has 1 N–H and O–H groups in total. The van der Waals surface area contributed by atoms with Crippen molar-refractivity contribution >= 4 is 39.5 Å². The van der Waals surface area contributed by atoms with Gasteiger partial charge in [0.25, 0.3) is 0 Å². The average Bonchev–Trinajstić information content (AvgIpc) is 2.20. The first-order chi connectivity index (χ1) is 7.71. The van der Waals surface area contributed by atoms with Crippen molar-refractivity contribution in [2.45, 2.75) is 61.4 Å². The van der Waals surface area contributed by atoms with Gasteiger partial charge in [-0.15, -0.1) is 0 Å². The van der Waals surface area contributed by atoms with Crippen LogP contribution in [0.4, 0.5) is 0 Å². The zero-order valence-electron chi connectivity index (χ0n) is 10.7. The van der Waals surface area contributed by atoms with E-state index in [2.05, 4.69) is 27.3 Å². The van der Waals surface area contributed by atoms with E-state index >= 15 is 0 Å². The van der Waals surface area contributed by atoms with Gasteiger partial charge in [0, 0.05) is 0 Å². The fourth-order valence-electron chi connectivity index (χ4n) is 1.48. The van der Waals surface area contributed by atoms with Crippen molar-refractivity contribution in [3.05, 3.63) is 0 Å². The molecule has 1 fully saturated rings. The number of carbonyl (C=O) groups excluding carboxylic acids is 1. The van der Waals surface area contributed by atoms with E-state index in [9.17, 15) is 9.00 Å². The van der Waals surface area contributed by atoms with Gasteiger partial charge in [0.2, 0.25) is 0 Å². The summed E-state index contributed by atoms with van der Waals surface area (Å²) in [6.45, 7) is 7.65. The van der Waals surface area contributed by atoms with Crippen molar-refractivity contribution < 1.29 is 13.7 Å². The van der Waals surface area contributed by atoms with Crippen LogP contribution in [0.15, 0.2) is 0 Å². The minimum atomic E-state index is -1.13. The number of alkyl halides is 1.